The summed E-state index contributed by atoms with van der Waals surface area (Å²) in [6, 6.07) is 21.4. The Labute approximate surface area is 177 Å². The molecule has 0 bridgehead atoms. The molecule has 1 atom stereocenters. The standard InChI is InChI=1S/C24H24N2O3S/c1-17-9-15-21(16-10-17)30(28,29)26-20-13-11-19(12-14-20)24(27)25-23-8-4-6-18-5-2-3-7-22(18)23/h2-3,5,7,9-16,23,26H,4,6,8H2,1H3,(H,25,27)/t23-/m0/s1. The number of sulfonamides is 1. The molecule has 2 N–H and O–H groups in total. The third-order valence-electron chi connectivity index (χ3n) is 5.41. The smallest absolute Gasteiger partial charge is 0.261 e. The van der Waals surface area contributed by atoms with E-state index in [1.54, 1.807) is 48.5 Å². The van der Waals surface area contributed by atoms with Gasteiger partial charge in [-0.05, 0) is 73.7 Å². The molecule has 5 nitrogen and oxygen atoms in total. The van der Waals surface area contributed by atoms with E-state index in [1.165, 1.54) is 11.1 Å². The Balaban J connectivity index is 1.45. The van der Waals surface area contributed by atoms with Crippen LogP contribution in [-0.2, 0) is 16.4 Å². The van der Waals surface area contributed by atoms with Crippen molar-refractivity contribution in [1.29, 1.82) is 0 Å². The Morgan fingerprint density at radius 2 is 1.63 bits per heavy atom. The molecule has 0 saturated heterocycles. The van der Waals surface area contributed by atoms with Gasteiger partial charge >= 0.3 is 0 Å². The lowest BCUT2D eigenvalue weighted by Gasteiger charge is -2.26. The van der Waals surface area contributed by atoms with E-state index >= 15 is 0 Å². The molecule has 0 heterocycles. The zero-order valence-electron chi connectivity index (χ0n) is 16.8. The molecule has 0 spiro atoms. The van der Waals surface area contributed by atoms with Gasteiger partial charge in [-0.3, -0.25) is 9.52 Å². The summed E-state index contributed by atoms with van der Waals surface area (Å²) in [6.45, 7) is 1.90. The van der Waals surface area contributed by atoms with Crippen LogP contribution in [0.25, 0.3) is 0 Å². The van der Waals surface area contributed by atoms with E-state index in [0.717, 1.165) is 24.8 Å². The highest BCUT2D eigenvalue weighted by atomic mass is 32.2. The van der Waals surface area contributed by atoms with Crippen LogP contribution < -0.4 is 10.0 Å². The molecule has 0 saturated carbocycles. The van der Waals surface area contributed by atoms with Crippen molar-refractivity contribution < 1.29 is 13.2 Å². The Bertz CT molecular complexity index is 1150. The Kier molecular flexibility index (Phi) is 5.59. The topological polar surface area (TPSA) is 75.3 Å². The number of nitrogens with one attached hydrogen (secondary N) is 2. The molecule has 4 rings (SSSR count). The molecule has 30 heavy (non-hydrogen) atoms. The first-order valence-electron chi connectivity index (χ1n) is 10.0. The highest BCUT2D eigenvalue weighted by molar-refractivity contribution is 7.92. The van der Waals surface area contributed by atoms with Crippen molar-refractivity contribution >= 4 is 21.6 Å². The molecule has 1 aliphatic carbocycles. The molecule has 0 radical (unpaired) electrons. The van der Waals surface area contributed by atoms with E-state index in [0.29, 0.717) is 11.3 Å². The average Bonchev–Trinajstić information content (AvgIpc) is 2.74. The predicted octanol–water partition coefficient (Wildman–Crippen LogP) is 4.60. The second kappa shape index (κ2) is 8.32. The van der Waals surface area contributed by atoms with Gasteiger partial charge in [0.05, 0.1) is 10.9 Å². The van der Waals surface area contributed by atoms with Crippen molar-refractivity contribution in [2.45, 2.75) is 37.1 Å². The van der Waals surface area contributed by atoms with Crippen LogP contribution >= 0.6 is 0 Å². The number of carbonyl (C=O) groups is 1. The Morgan fingerprint density at radius 1 is 0.933 bits per heavy atom. The van der Waals surface area contributed by atoms with E-state index in [9.17, 15) is 13.2 Å². The SMILES string of the molecule is Cc1ccc(S(=O)(=O)Nc2ccc(C(=O)N[C@H]3CCCc4ccccc43)cc2)cc1. The van der Waals surface area contributed by atoms with Crippen LogP contribution in [0.3, 0.4) is 0 Å². The van der Waals surface area contributed by atoms with Crippen LogP contribution in [0.2, 0.25) is 0 Å². The van der Waals surface area contributed by atoms with Gasteiger partial charge in [0.15, 0.2) is 0 Å². The highest BCUT2D eigenvalue weighted by Gasteiger charge is 2.22. The Morgan fingerprint density at radius 3 is 2.37 bits per heavy atom. The summed E-state index contributed by atoms with van der Waals surface area (Å²) in [6.07, 6.45) is 3.00. The molecule has 0 fully saturated rings. The molecule has 0 unspecified atom stereocenters. The van der Waals surface area contributed by atoms with E-state index in [2.05, 4.69) is 22.2 Å². The number of anilines is 1. The highest BCUT2D eigenvalue weighted by Crippen LogP contribution is 2.29. The third kappa shape index (κ3) is 4.39. The number of amides is 1. The maximum Gasteiger partial charge on any atom is 0.261 e. The van der Waals surface area contributed by atoms with Gasteiger partial charge in [-0.15, -0.1) is 0 Å². The van der Waals surface area contributed by atoms with Gasteiger partial charge in [0.25, 0.3) is 15.9 Å². The van der Waals surface area contributed by atoms with Gasteiger partial charge in [-0.25, -0.2) is 8.42 Å². The van der Waals surface area contributed by atoms with Crippen LogP contribution in [0.15, 0.2) is 77.7 Å². The number of hydrogen-bond acceptors (Lipinski definition) is 3. The predicted molar refractivity (Wildman–Crippen MR) is 118 cm³/mol. The lowest BCUT2D eigenvalue weighted by atomic mass is 9.87. The minimum absolute atomic E-state index is 0.00201. The number of hydrogen-bond donors (Lipinski definition) is 2. The molecule has 1 amide bonds. The van der Waals surface area contributed by atoms with Gasteiger partial charge in [0, 0.05) is 11.3 Å². The van der Waals surface area contributed by atoms with Crippen molar-refractivity contribution in [3.63, 3.8) is 0 Å². The van der Waals surface area contributed by atoms with Crippen molar-refractivity contribution in [1.82, 2.24) is 5.32 Å². The fourth-order valence-corrected chi connectivity index (χ4v) is 4.83. The quantitative estimate of drug-likeness (QED) is 0.633. The fraction of sp³-hybridized carbons (Fsp3) is 0.208. The number of benzene rings is 3. The summed E-state index contributed by atoms with van der Waals surface area (Å²) in [7, 11) is -3.67. The first-order chi connectivity index (χ1) is 14.4. The summed E-state index contributed by atoms with van der Waals surface area (Å²) >= 11 is 0. The number of fused-ring (bicyclic) bond motifs is 1. The largest absolute Gasteiger partial charge is 0.345 e. The number of rotatable bonds is 5. The zero-order valence-corrected chi connectivity index (χ0v) is 17.6. The van der Waals surface area contributed by atoms with Gasteiger partial charge < -0.3 is 5.32 Å². The minimum Gasteiger partial charge on any atom is -0.345 e. The van der Waals surface area contributed by atoms with E-state index in [4.69, 9.17) is 0 Å². The summed E-state index contributed by atoms with van der Waals surface area (Å²) in [5.74, 6) is -0.162. The third-order valence-corrected chi connectivity index (χ3v) is 6.80. The number of aryl methyl sites for hydroxylation is 2. The van der Waals surface area contributed by atoms with Gasteiger partial charge in [-0.2, -0.15) is 0 Å². The van der Waals surface area contributed by atoms with Crippen molar-refractivity contribution in [3.05, 3.63) is 95.1 Å². The van der Waals surface area contributed by atoms with Gasteiger partial charge in [0.2, 0.25) is 0 Å². The van der Waals surface area contributed by atoms with Crippen LogP contribution in [0.5, 0.6) is 0 Å². The molecule has 6 heteroatoms. The van der Waals surface area contributed by atoms with Gasteiger partial charge in [0.1, 0.15) is 0 Å². The molecular weight excluding hydrogens is 396 g/mol. The summed E-state index contributed by atoms with van der Waals surface area (Å²) in [5, 5.41) is 3.11. The van der Waals surface area contributed by atoms with Crippen molar-refractivity contribution in [2.75, 3.05) is 4.72 Å². The fourth-order valence-electron chi connectivity index (χ4n) is 3.77. The lowest BCUT2D eigenvalue weighted by Crippen LogP contribution is -2.30. The molecular formula is C24H24N2O3S. The molecule has 3 aromatic carbocycles. The molecule has 0 aromatic heterocycles. The Hall–Kier alpha value is -3.12. The average molecular weight is 421 g/mol. The second-order valence-corrected chi connectivity index (χ2v) is 9.30. The summed E-state index contributed by atoms with van der Waals surface area (Å²) in [4.78, 5) is 12.9. The van der Waals surface area contributed by atoms with E-state index in [-0.39, 0.29) is 16.8 Å². The van der Waals surface area contributed by atoms with E-state index in [1.807, 2.05) is 19.1 Å². The maximum absolute atomic E-state index is 12.7. The van der Waals surface area contributed by atoms with Crippen LogP contribution in [0, 0.1) is 6.92 Å². The van der Waals surface area contributed by atoms with Crippen LogP contribution in [0.1, 0.15) is 45.9 Å². The second-order valence-electron chi connectivity index (χ2n) is 7.61. The summed E-state index contributed by atoms with van der Waals surface area (Å²) < 4.78 is 27.6. The normalized spacial score (nSPS) is 15.8. The maximum atomic E-state index is 12.7. The van der Waals surface area contributed by atoms with Crippen LogP contribution in [0.4, 0.5) is 5.69 Å². The van der Waals surface area contributed by atoms with E-state index < -0.39 is 10.0 Å². The first kappa shape index (κ1) is 20.2. The monoisotopic (exact) mass is 420 g/mol. The number of carbonyl (C=O) groups excluding carboxylic acids is 1. The molecule has 154 valence electrons. The van der Waals surface area contributed by atoms with Gasteiger partial charge in [-0.1, -0.05) is 42.0 Å². The van der Waals surface area contributed by atoms with Crippen molar-refractivity contribution in [2.24, 2.45) is 0 Å². The first-order valence-corrected chi connectivity index (χ1v) is 11.5. The summed E-state index contributed by atoms with van der Waals surface area (Å²) in [5.41, 5.74) is 4.37. The van der Waals surface area contributed by atoms with Crippen LogP contribution in [-0.4, -0.2) is 14.3 Å². The van der Waals surface area contributed by atoms with Crippen molar-refractivity contribution in [3.8, 4) is 0 Å². The molecule has 0 aliphatic heterocycles. The lowest BCUT2D eigenvalue weighted by molar-refractivity contribution is 0.0933. The minimum atomic E-state index is -3.67. The zero-order chi connectivity index (χ0) is 21.1. The molecule has 3 aromatic rings. The molecule has 1 aliphatic rings.